The second-order valence-electron chi connectivity index (χ2n) is 4.84. The van der Waals surface area contributed by atoms with Crippen LogP contribution in [0.25, 0.3) is 11.4 Å². The van der Waals surface area contributed by atoms with E-state index in [1.54, 1.807) is 12.4 Å². The van der Waals surface area contributed by atoms with Crippen molar-refractivity contribution in [1.29, 1.82) is 0 Å². The molecule has 1 unspecified atom stereocenters. The van der Waals surface area contributed by atoms with E-state index in [4.69, 9.17) is 0 Å². The number of nitrogens with one attached hydrogen (secondary N) is 2. The first-order valence-electron chi connectivity index (χ1n) is 6.72. The molecule has 5 nitrogen and oxygen atoms in total. The number of benzene rings is 1. The van der Waals surface area contributed by atoms with Crippen LogP contribution in [0.2, 0.25) is 0 Å². The first-order chi connectivity index (χ1) is 9.83. The monoisotopic (exact) mass is 304 g/mol. The van der Waals surface area contributed by atoms with Crippen LogP contribution in [0.1, 0.15) is 6.42 Å². The van der Waals surface area contributed by atoms with Gasteiger partial charge in [-0.1, -0.05) is 30.3 Å². The van der Waals surface area contributed by atoms with Gasteiger partial charge in [-0.05, 0) is 13.0 Å². The maximum absolute atomic E-state index is 12.0. The fraction of sp³-hybridized carbons (Fsp3) is 0.267. The Morgan fingerprint density at radius 3 is 2.52 bits per heavy atom. The quantitative estimate of drug-likeness (QED) is 0.911. The highest BCUT2D eigenvalue weighted by Crippen LogP contribution is 2.16. The van der Waals surface area contributed by atoms with E-state index in [-0.39, 0.29) is 24.2 Å². The fourth-order valence-corrected chi connectivity index (χ4v) is 2.25. The van der Waals surface area contributed by atoms with Crippen molar-refractivity contribution in [2.45, 2.75) is 6.42 Å². The van der Waals surface area contributed by atoms with E-state index in [9.17, 15) is 4.79 Å². The van der Waals surface area contributed by atoms with Crippen molar-refractivity contribution in [1.82, 2.24) is 15.3 Å². The summed E-state index contributed by atoms with van der Waals surface area (Å²) < 4.78 is 0. The van der Waals surface area contributed by atoms with Gasteiger partial charge in [0.05, 0.1) is 24.0 Å². The molecule has 1 amide bonds. The maximum atomic E-state index is 12.0. The van der Waals surface area contributed by atoms with E-state index in [0.29, 0.717) is 11.5 Å². The Labute approximate surface area is 129 Å². The van der Waals surface area contributed by atoms with E-state index in [2.05, 4.69) is 20.6 Å². The molecule has 0 radical (unpaired) electrons. The highest BCUT2D eigenvalue weighted by atomic mass is 35.5. The van der Waals surface area contributed by atoms with E-state index in [1.165, 1.54) is 0 Å². The molecule has 0 spiro atoms. The zero-order valence-corrected chi connectivity index (χ0v) is 12.3. The summed E-state index contributed by atoms with van der Waals surface area (Å²) in [5.74, 6) is 0.737. The van der Waals surface area contributed by atoms with Gasteiger partial charge in [-0.2, -0.15) is 0 Å². The summed E-state index contributed by atoms with van der Waals surface area (Å²) >= 11 is 0. The third kappa shape index (κ3) is 3.77. The van der Waals surface area contributed by atoms with Gasteiger partial charge in [-0.3, -0.25) is 4.79 Å². The topological polar surface area (TPSA) is 66.9 Å². The van der Waals surface area contributed by atoms with Gasteiger partial charge >= 0.3 is 0 Å². The number of carbonyl (C=O) groups excluding carboxylic acids is 1. The number of rotatable bonds is 3. The Balaban J connectivity index is 0.00000161. The molecule has 1 aromatic carbocycles. The van der Waals surface area contributed by atoms with Gasteiger partial charge < -0.3 is 10.6 Å². The van der Waals surface area contributed by atoms with Crippen LogP contribution in [-0.4, -0.2) is 29.0 Å². The number of amides is 1. The SMILES string of the molecule is Cl.O=C(Nc1cnc(-c2ccccc2)nc1)C1CCNC1. The number of halogens is 1. The van der Waals surface area contributed by atoms with Crippen LogP contribution in [0.4, 0.5) is 5.69 Å². The van der Waals surface area contributed by atoms with Crippen LogP contribution in [-0.2, 0) is 4.79 Å². The van der Waals surface area contributed by atoms with Crippen LogP contribution in [0.5, 0.6) is 0 Å². The lowest BCUT2D eigenvalue weighted by atomic mass is 10.1. The number of aromatic nitrogens is 2. The predicted octanol–water partition coefficient (Wildman–Crippen LogP) is 2.11. The number of hydrogen-bond donors (Lipinski definition) is 2. The van der Waals surface area contributed by atoms with Gasteiger partial charge in [0.15, 0.2) is 5.82 Å². The summed E-state index contributed by atoms with van der Waals surface area (Å²) in [5, 5.41) is 6.04. The molecular formula is C15H17ClN4O. The third-order valence-corrected chi connectivity index (χ3v) is 3.38. The van der Waals surface area contributed by atoms with Crippen molar-refractivity contribution >= 4 is 24.0 Å². The van der Waals surface area contributed by atoms with E-state index in [0.717, 1.165) is 25.1 Å². The molecule has 1 aromatic heterocycles. The van der Waals surface area contributed by atoms with E-state index in [1.807, 2.05) is 30.3 Å². The van der Waals surface area contributed by atoms with E-state index >= 15 is 0 Å². The highest BCUT2D eigenvalue weighted by molar-refractivity contribution is 5.92. The molecule has 2 heterocycles. The molecule has 1 aliphatic rings. The second-order valence-corrected chi connectivity index (χ2v) is 4.84. The minimum atomic E-state index is 0. The van der Waals surface area contributed by atoms with Crippen LogP contribution in [0.15, 0.2) is 42.7 Å². The number of anilines is 1. The number of carbonyl (C=O) groups is 1. The standard InChI is InChI=1S/C15H16N4O.ClH/c20-15(12-6-7-16-8-12)19-13-9-17-14(18-10-13)11-4-2-1-3-5-11;/h1-5,9-10,12,16H,6-8H2,(H,19,20);1H. The molecule has 1 saturated heterocycles. The first-order valence-corrected chi connectivity index (χ1v) is 6.72. The summed E-state index contributed by atoms with van der Waals surface area (Å²) in [7, 11) is 0. The first kappa shape index (κ1) is 15.4. The molecule has 1 aliphatic heterocycles. The molecule has 6 heteroatoms. The summed E-state index contributed by atoms with van der Waals surface area (Å²) in [5.41, 5.74) is 1.60. The Morgan fingerprint density at radius 1 is 1.19 bits per heavy atom. The lowest BCUT2D eigenvalue weighted by molar-refractivity contribution is -0.119. The van der Waals surface area contributed by atoms with Gasteiger partial charge in [0.1, 0.15) is 0 Å². The molecule has 1 atom stereocenters. The Bertz CT molecular complexity index is 582. The molecule has 0 bridgehead atoms. The van der Waals surface area contributed by atoms with Crippen molar-refractivity contribution in [2.24, 2.45) is 5.92 Å². The molecule has 1 fully saturated rings. The minimum absolute atomic E-state index is 0. The smallest absolute Gasteiger partial charge is 0.228 e. The minimum Gasteiger partial charge on any atom is -0.323 e. The van der Waals surface area contributed by atoms with Crippen molar-refractivity contribution in [3.8, 4) is 11.4 Å². The van der Waals surface area contributed by atoms with Crippen molar-refractivity contribution in [3.05, 3.63) is 42.7 Å². The van der Waals surface area contributed by atoms with Crippen LogP contribution >= 0.6 is 12.4 Å². The Morgan fingerprint density at radius 2 is 1.90 bits per heavy atom. The number of nitrogens with zero attached hydrogens (tertiary/aromatic N) is 2. The largest absolute Gasteiger partial charge is 0.323 e. The normalized spacial score (nSPS) is 17.0. The van der Waals surface area contributed by atoms with Gasteiger partial charge in [0, 0.05) is 12.1 Å². The molecule has 2 aromatic rings. The third-order valence-electron chi connectivity index (χ3n) is 3.38. The molecule has 21 heavy (non-hydrogen) atoms. The van der Waals surface area contributed by atoms with E-state index < -0.39 is 0 Å². The van der Waals surface area contributed by atoms with Crippen LogP contribution < -0.4 is 10.6 Å². The zero-order chi connectivity index (χ0) is 13.8. The lowest BCUT2D eigenvalue weighted by Gasteiger charge is -2.09. The van der Waals surface area contributed by atoms with Gasteiger partial charge in [-0.25, -0.2) is 9.97 Å². The Hall–Kier alpha value is -1.98. The van der Waals surface area contributed by atoms with Gasteiger partial charge in [-0.15, -0.1) is 12.4 Å². The molecule has 0 saturated carbocycles. The lowest BCUT2D eigenvalue weighted by Crippen LogP contribution is -2.24. The average Bonchev–Trinajstić information content (AvgIpc) is 3.03. The molecular weight excluding hydrogens is 288 g/mol. The number of hydrogen-bond acceptors (Lipinski definition) is 4. The second kappa shape index (κ2) is 7.15. The summed E-state index contributed by atoms with van der Waals surface area (Å²) in [4.78, 5) is 20.5. The summed E-state index contributed by atoms with van der Waals surface area (Å²) in [6, 6.07) is 9.76. The predicted molar refractivity (Wildman–Crippen MR) is 84.3 cm³/mol. The van der Waals surface area contributed by atoms with Crippen molar-refractivity contribution in [2.75, 3.05) is 18.4 Å². The molecule has 110 valence electrons. The van der Waals surface area contributed by atoms with Crippen LogP contribution in [0.3, 0.4) is 0 Å². The fourth-order valence-electron chi connectivity index (χ4n) is 2.25. The molecule has 2 N–H and O–H groups in total. The summed E-state index contributed by atoms with van der Waals surface area (Å²) in [6.07, 6.45) is 4.18. The highest BCUT2D eigenvalue weighted by Gasteiger charge is 2.22. The molecule has 3 rings (SSSR count). The van der Waals surface area contributed by atoms with Gasteiger partial charge in [0.2, 0.25) is 5.91 Å². The van der Waals surface area contributed by atoms with Crippen molar-refractivity contribution < 1.29 is 4.79 Å². The van der Waals surface area contributed by atoms with Crippen molar-refractivity contribution in [3.63, 3.8) is 0 Å². The Kier molecular flexibility index (Phi) is 5.25. The maximum Gasteiger partial charge on any atom is 0.228 e. The van der Waals surface area contributed by atoms with Crippen LogP contribution in [0, 0.1) is 5.92 Å². The van der Waals surface area contributed by atoms with Gasteiger partial charge in [0.25, 0.3) is 0 Å². The zero-order valence-electron chi connectivity index (χ0n) is 11.5. The average molecular weight is 305 g/mol. The summed E-state index contributed by atoms with van der Waals surface area (Å²) in [6.45, 7) is 1.65. The molecule has 0 aliphatic carbocycles.